The predicted molar refractivity (Wildman–Crippen MR) is 51.0 cm³/mol. The van der Waals surface area contributed by atoms with Crippen LogP contribution < -0.4 is 0 Å². The van der Waals surface area contributed by atoms with Crippen molar-refractivity contribution in [1.82, 2.24) is 24.5 Å². The van der Waals surface area contributed by atoms with Crippen LogP contribution in [0.1, 0.15) is 0 Å². The zero-order valence-corrected chi connectivity index (χ0v) is 7.55. The molecule has 3 aromatic heterocycles. The van der Waals surface area contributed by atoms with Gasteiger partial charge in [0.25, 0.3) is 0 Å². The van der Waals surface area contributed by atoms with Gasteiger partial charge in [-0.15, -0.1) is 0 Å². The number of rotatable bonds is 1. The summed E-state index contributed by atoms with van der Waals surface area (Å²) in [6.07, 6.45) is 7.52. The third-order valence-electron chi connectivity index (χ3n) is 2.15. The number of halogens is 1. The molecule has 0 fully saturated rings. The largest absolute Gasteiger partial charge is 0.343 e. The summed E-state index contributed by atoms with van der Waals surface area (Å²) in [4.78, 5) is 14.6. The molecule has 0 aliphatic heterocycles. The lowest BCUT2D eigenvalue weighted by molar-refractivity contribution is 0.638. The molecular weight excluding hydrogens is 197 g/mol. The highest BCUT2D eigenvalue weighted by Gasteiger charge is 2.11. The number of nitrogens with one attached hydrogen (secondary N) is 1. The summed E-state index contributed by atoms with van der Waals surface area (Å²) >= 11 is 0. The maximum absolute atomic E-state index is 13.5. The molecule has 6 heteroatoms. The molecule has 0 aliphatic rings. The van der Waals surface area contributed by atoms with Crippen LogP contribution >= 0.6 is 0 Å². The molecule has 3 aromatic rings. The number of nitrogens with zero attached hydrogens (tertiary/aromatic N) is 4. The van der Waals surface area contributed by atoms with Gasteiger partial charge in [-0.1, -0.05) is 0 Å². The van der Waals surface area contributed by atoms with Crippen LogP contribution in [-0.2, 0) is 0 Å². The van der Waals surface area contributed by atoms with Crippen molar-refractivity contribution in [2.45, 2.75) is 0 Å². The highest BCUT2D eigenvalue weighted by molar-refractivity contribution is 5.83. The average Bonchev–Trinajstić information content (AvgIpc) is 2.88. The topological polar surface area (TPSA) is 59.4 Å². The second-order valence-electron chi connectivity index (χ2n) is 3.03. The van der Waals surface area contributed by atoms with Crippen LogP contribution in [0.5, 0.6) is 0 Å². The fourth-order valence-corrected chi connectivity index (χ4v) is 1.49. The standard InChI is InChI=1S/C9H6FN5/c10-6-3-12-8-7(6)9(14-4-13-8)15-2-1-11-5-15/h1-5H,(H,12,13,14). The highest BCUT2D eigenvalue weighted by Crippen LogP contribution is 2.20. The lowest BCUT2D eigenvalue weighted by atomic mass is 10.3. The number of aromatic nitrogens is 5. The van der Waals surface area contributed by atoms with Crippen LogP contribution in [0.4, 0.5) is 4.39 Å². The van der Waals surface area contributed by atoms with Gasteiger partial charge in [-0.2, -0.15) is 0 Å². The summed E-state index contributed by atoms with van der Waals surface area (Å²) in [5.74, 6) is 0.116. The summed E-state index contributed by atoms with van der Waals surface area (Å²) in [5.41, 5.74) is 0.478. The molecule has 3 heterocycles. The van der Waals surface area contributed by atoms with E-state index in [4.69, 9.17) is 0 Å². The number of aromatic amines is 1. The molecule has 0 bridgehead atoms. The Kier molecular flexibility index (Phi) is 1.55. The Labute approximate surface area is 83.6 Å². The summed E-state index contributed by atoms with van der Waals surface area (Å²) in [7, 11) is 0. The molecule has 5 nitrogen and oxygen atoms in total. The fraction of sp³-hybridized carbons (Fsp3) is 0. The summed E-state index contributed by atoms with van der Waals surface area (Å²) in [5, 5.41) is 0.371. The summed E-state index contributed by atoms with van der Waals surface area (Å²) < 4.78 is 15.1. The molecule has 0 aromatic carbocycles. The third kappa shape index (κ3) is 1.11. The maximum atomic E-state index is 13.5. The van der Waals surface area contributed by atoms with Crippen molar-refractivity contribution >= 4 is 11.0 Å². The molecule has 0 radical (unpaired) electrons. The number of imidazole rings is 1. The Bertz CT molecular complexity index is 598. The van der Waals surface area contributed by atoms with Crippen LogP contribution in [0.25, 0.3) is 16.9 Å². The molecule has 0 atom stereocenters. The predicted octanol–water partition coefficient (Wildman–Crippen LogP) is 1.28. The lowest BCUT2D eigenvalue weighted by Crippen LogP contribution is -1.96. The van der Waals surface area contributed by atoms with Crippen molar-refractivity contribution in [3.63, 3.8) is 0 Å². The molecule has 15 heavy (non-hydrogen) atoms. The molecule has 0 spiro atoms. The van der Waals surface area contributed by atoms with Gasteiger partial charge < -0.3 is 4.98 Å². The Hall–Kier alpha value is -2.24. The van der Waals surface area contributed by atoms with Crippen molar-refractivity contribution in [3.8, 4) is 5.82 Å². The first-order valence-corrected chi connectivity index (χ1v) is 4.32. The van der Waals surface area contributed by atoms with Crippen LogP contribution in [0.15, 0.2) is 31.2 Å². The molecule has 0 aliphatic carbocycles. The van der Waals surface area contributed by atoms with Gasteiger partial charge >= 0.3 is 0 Å². The van der Waals surface area contributed by atoms with Gasteiger partial charge in [0, 0.05) is 18.6 Å². The van der Waals surface area contributed by atoms with Gasteiger partial charge in [-0.25, -0.2) is 19.3 Å². The summed E-state index contributed by atoms with van der Waals surface area (Å²) in [6.45, 7) is 0. The number of hydrogen-bond donors (Lipinski definition) is 1. The first-order chi connectivity index (χ1) is 7.36. The summed E-state index contributed by atoms with van der Waals surface area (Å²) in [6, 6.07) is 0. The van der Waals surface area contributed by atoms with E-state index in [2.05, 4.69) is 19.9 Å². The van der Waals surface area contributed by atoms with Crippen molar-refractivity contribution in [3.05, 3.63) is 37.1 Å². The Morgan fingerprint density at radius 3 is 3.07 bits per heavy atom. The van der Waals surface area contributed by atoms with E-state index in [1.807, 2.05) is 0 Å². The van der Waals surface area contributed by atoms with Gasteiger partial charge in [-0.3, -0.25) is 4.57 Å². The van der Waals surface area contributed by atoms with Crippen molar-refractivity contribution in [2.75, 3.05) is 0 Å². The Morgan fingerprint density at radius 1 is 1.33 bits per heavy atom. The maximum Gasteiger partial charge on any atom is 0.153 e. The van der Waals surface area contributed by atoms with E-state index >= 15 is 0 Å². The fourth-order valence-electron chi connectivity index (χ4n) is 1.49. The first-order valence-electron chi connectivity index (χ1n) is 4.32. The first kappa shape index (κ1) is 8.10. The second-order valence-corrected chi connectivity index (χ2v) is 3.03. The zero-order valence-electron chi connectivity index (χ0n) is 7.55. The SMILES string of the molecule is Fc1c[nH]c2ncnc(-n3ccnc3)c12. The molecule has 0 saturated carbocycles. The average molecular weight is 203 g/mol. The molecule has 0 saturated heterocycles. The van der Waals surface area contributed by atoms with Crippen molar-refractivity contribution in [2.24, 2.45) is 0 Å². The minimum Gasteiger partial charge on any atom is -0.343 e. The monoisotopic (exact) mass is 203 g/mol. The van der Waals surface area contributed by atoms with Crippen LogP contribution in [0.3, 0.4) is 0 Å². The second kappa shape index (κ2) is 2.88. The smallest absolute Gasteiger partial charge is 0.153 e. The van der Waals surface area contributed by atoms with E-state index in [1.54, 1.807) is 23.3 Å². The van der Waals surface area contributed by atoms with Crippen molar-refractivity contribution < 1.29 is 4.39 Å². The molecule has 1 N–H and O–H groups in total. The lowest BCUT2D eigenvalue weighted by Gasteiger charge is -2.01. The molecular formula is C9H6FN5. The number of H-pyrrole nitrogens is 1. The van der Waals surface area contributed by atoms with Gasteiger partial charge in [-0.05, 0) is 0 Å². The van der Waals surface area contributed by atoms with E-state index in [9.17, 15) is 4.39 Å². The minimum atomic E-state index is -0.366. The quantitative estimate of drug-likeness (QED) is 0.648. The van der Waals surface area contributed by atoms with Crippen molar-refractivity contribution in [1.29, 1.82) is 0 Å². The number of hydrogen-bond acceptors (Lipinski definition) is 3. The molecule has 0 unspecified atom stereocenters. The van der Waals surface area contributed by atoms with Crippen LogP contribution in [-0.4, -0.2) is 24.5 Å². The van der Waals surface area contributed by atoms with E-state index < -0.39 is 0 Å². The van der Waals surface area contributed by atoms with E-state index in [-0.39, 0.29) is 5.82 Å². The minimum absolute atomic E-state index is 0.366. The Balaban J connectivity index is 2.39. The van der Waals surface area contributed by atoms with E-state index in [0.29, 0.717) is 16.9 Å². The molecule has 74 valence electrons. The normalized spacial score (nSPS) is 11.0. The van der Waals surface area contributed by atoms with Crippen LogP contribution in [0, 0.1) is 5.82 Å². The molecule has 3 rings (SSSR count). The highest BCUT2D eigenvalue weighted by atomic mass is 19.1. The Morgan fingerprint density at radius 2 is 2.27 bits per heavy atom. The third-order valence-corrected chi connectivity index (χ3v) is 2.15. The van der Waals surface area contributed by atoms with Gasteiger partial charge in [0.2, 0.25) is 0 Å². The van der Waals surface area contributed by atoms with E-state index in [1.165, 1.54) is 12.5 Å². The van der Waals surface area contributed by atoms with Gasteiger partial charge in [0.15, 0.2) is 11.6 Å². The molecule has 0 amide bonds. The number of fused-ring (bicyclic) bond motifs is 1. The van der Waals surface area contributed by atoms with Gasteiger partial charge in [0.1, 0.15) is 18.3 Å². The van der Waals surface area contributed by atoms with Crippen LogP contribution in [0.2, 0.25) is 0 Å². The zero-order chi connectivity index (χ0) is 10.3. The van der Waals surface area contributed by atoms with Gasteiger partial charge in [0.05, 0.1) is 5.39 Å². The van der Waals surface area contributed by atoms with E-state index in [0.717, 1.165) is 0 Å².